The van der Waals surface area contributed by atoms with E-state index in [1.165, 1.54) is 5.56 Å². The smallest absolute Gasteiger partial charge is 0.116 e. The lowest BCUT2D eigenvalue weighted by molar-refractivity contribution is 0.193. The van der Waals surface area contributed by atoms with Crippen LogP contribution in [0.15, 0.2) is 146 Å². The molecule has 2 N–H and O–H groups in total. The van der Waals surface area contributed by atoms with E-state index in [4.69, 9.17) is 15.7 Å². The van der Waals surface area contributed by atoms with E-state index in [0.717, 1.165) is 66.4 Å². The van der Waals surface area contributed by atoms with Crippen molar-refractivity contribution in [3.05, 3.63) is 146 Å². The van der Waals surface area contributed by atoms with E-state index in [0.29, 0.717) is 0 Å². The Bertz CT molecular complexity index is 2150. The van der Waals surface area contributed by atoms with E-state index in [1.54, 1.807) is 6.20 Å². The lowest BCUT2D eigenvalue weighted by atomic mass is 9.63. The van der Waals surface area contributed by atoms with Gasteiger partial charge in [0.15, 0.2) is 0 Å². The molecule has 0 saturated carbocycles. The molecule has 0 spiro atoms. The van der Waals surface area contributed by atoms with Crippen LogP contribution >= 0.6 is 0 Å². The van der Waals surface area contributed by atoms with Crippen molar-refractivity contribution in [2.24, 2.45) is 0 Å². The molecular formula is C39H27B2N3O. The zero-order valence-electron chi connectivity index (χ0n) is 24.4. The molecule has 0 amide bonds. The van der Waals surface area contributed by atoms with Gasteiger partial charge in [0.2, 0.25) is 0 Å². The Labute approximate surface area is 264 Å². The number of hydrogen-bond donors (Lipinski definition) is 2. The number of fused-ring (bicyclic) bond motifs is 3. The number of aliphatic hydroxyl groups is 1. The van der Waals surface area contributed by atoms with Crippen LogP contribution < -0.4 is 10.2 Å². The first kappa shape index (κ1) is 27.2. The molecule has 1 unspecified atom stereocenters. The molecule has 0 fully saturated rings. The van der Waals surface area contributed by atoms with E-state index < -0.39 is 11.6 Å². The van der Waals surface area contributed by atoms with Crippen molar-refractivity contribution in [1.29, 1.82) is 0 Å². The number of hydrogen-bond acceptors (Lipinski definition) is 4. The quantitative estimate of drug-likeness (QED) is 0.160. The molecule has 0 aliphatic carbocycles. The fourth-order valence-corrected chi connectivity index (χ4v) is 6.83. The molecule has 1 atom stereocenters. The molecule has 6 aromatic carbocycles. The third-order valence-electron chi connectivity index (χ3n) is 8.69. The van der Waals surface area contributed by atoms with Crippen LogP contribution in [0.2, 0.25) is 0 Å². The van der Waals surface area contributed by atoms with Gasteiger partial charge in [-0.05, 0) is 68.1 Å². The van der Waals surface area contributed by atoms with E-state index in [1.807, 2.05) is 47.5 Å². The van der Waals surface area contributed by atoms with Gasteiger partial charge in [-0.15, -0.1) is 0 Å². The molecule has 1 aliphatic rings. The molecule has 0 saturated heterocycles. The number of nitrogens with zero attached hydrogens (tertiary/aromatic N) is 2. The summed E-state index contributed by atoms with van der Waals surface area (Å²) in [6.07, 6.45) is 2.93. The van der Waals surface area contributed by atoms with E-state index in [-0.39, 0.29) is 0 Å². The lowest BCUT2D eigenvalue weighted by Crippen LogP contribution is -2.54. The molecule has 210 valence electrons. The molecule has 7 aromatic rings. The van der Waals surface area contributed by atoms with Crippen molar-refractivity contribution < 1.29 is 5.11 Å². The molecular weight excluding hydrogens is 548 g/mol. The fraction of sp³-hybridized carbons (Fsp3) is 0.0513. The standard InChI is InChI=1S/C39H27B2N3O/c40-39(41,45)38-43-33-20-8-10-22-35(33)44(38)34-21-9-7-19-32(34)37-30-17-5-3-15-28(30)36(29-16-4-6-18-31(29)37)27-14-2-1-13-26(27)25-12-11-23-42-24-25/h1-24,38,43,45H. The van der Waals surface area contributed by atoms with Crippen LogP contribution in [0.1, 0.15) is 0 Å². The summed E-state index contributed by atoms with van der Waals surface area (Å²) >= 11 is 0. The number of nitrogens with one attached hydrogen (secondary N) is 1. The summed E-state index contributed by atoms with van der Waals surface area (Å²) in [5, 5.41) is 16.8. The third kappa shape index (κ3) is 4.49. The number of anilines is 3. The summed E-state index contributed by atoms with van der Waals surface area (Å²) < 4.78 is 0. The highest BCUT2D eigenvalue weighted by atomic mass is 16.3. The summed E-state index contributed by atoms with van der Waals surface area (Å²) in [7, 11) is 12.4. The molecule has 0 bridgehead atoms. The normalized spacial score (nSPS) is 14.4. The minimum absolute atomic E-state index is 0.792. The molecule has 6 heteroatoms. The topological polar surface area (TPSA) is 48.4 Å². The predicted molar refractivity (Wildman–Crippen MR) is 188 cm³/mol. The van der Waals surface area contributed by atoms with Crippen LogP contribution in [0.5, 0.6) is 0 Å². The number of rotatable bonds is 5. The zero-order chi connectivity index (χ0) is 30.5. The van der Waals surface area contributed by atoms with E-state index in [2.05, 4.69) is 107 Å². The van der Waals surface area contributed by atoms with Gasteiger partial charge in [-0.3, -0.25) is 4.98 Å². The number of aromatic nitrogens is 1. The zero-order valence-corrected chi connectivity index (χ0v) is 24.4. The summed E-state index contributed by atoms with van der Waals surface area (Å²) in [5.74, 6) is 0. The number of benzene rings is 6. The summed E-state index contributed by atoms with van der Waals surface area (Å²) in [5.41, 5.74) is 9.24. The average molecular weight is 575 g/mol. The Kier molecular flexibility index (Phi) is 6.47. The van der Waals surface area contributed by atoms with E-state index >= 15 is 0 Å². The predicted octanol–water partition coefficient (Wildman–Crippen LogP) is 8.26. The van der Waals surface area contributed by atoms with Crippen molar-refractivity contribution in [2.45, 2.75) is 11.6 Å². The largest absolute Gasteiger partial charge is 0.405 e. The van der Waals surface area contributed by atoms with Crippen LogP contribution in [-0.4, -0.2) is 37.3 Å². The maximum Gasteiger partial charge on any atom is 0.116 e. The van der Waals surface area contributed by atoms with Crippen molar-refractivity contribution >= 4 is 54.3 Å². The minimum atomic E-state index is -2.02. The van der Waals surface area contributed by atoms with Gasteiger partial charge in [0.1, 0.15) is 21.9 Å². The first-order chi connectivity index (χ1) is 22.0. The average Bonchev–Trinajstić information content (AvgIpc) is 3.48. The molecule has 2 heterocycles. The van der Waals surface area contributed by atoms with Crippen molar-refractivity contribution in [3.63, 3.8) is 0 Å². The minimum Gasteiger partial charge on any atom is -0.405 e. The molecule has 45 heavy (non-hydrogen) atoms. The molecule has 1 aliphatic heterocycles. The van der Waals surface area contributed by atoms with Gasteiger partial charge in [-0.2, -0.15) is 0 Å². The van der Waals surface area contributed by atoms with Gasteiger partial charge in [0.25, 0.3) is 0 Å². The van der Waals surface area contributed by atoms with Gasteiger partial charge in [0.05, 0.1) is 17.1 Å². The monoisotopic (exact) mass is 575 g/mol. The van der Waals surface area contributed by atoms with Gasteiger partial charge in [-0.1, -0.05) is 109 Å². The van der Waals surface area contributed by atoms with Gasteiger partial charge in [0, 0.05) is 28.9 Å². The van der Waals surface area contributed by atoms with Crippen molar-refractivity contribution in [2.75, 3.05) is 10.2 Å². The van der Waals surface area contributed by atoms with Crippen molar-refractivity contribution in [1.82, 2.24) is 4.98 Å². The Morgan fingerprint density at radius 2 is 1.09 bits per heavy atom. The van der Waals surface area contributed by atoms with Crippen LogP contribution in [-0.2, 0) is 0 Å². The van der Waals surface area contributed by atoms with Crippen molar-refractivity contribution in [3.8, 4) is 33.4 Å². The first-order valence-electron chi connectivity index (χ1n) is 15.0. The first-order valence-corrected chi connectivity index (χ1v) is 15.0. The molecule has 4 radical (unpaired) electrons. The molecule has 8 rings (SSSR count). The molecule has 1 aromatic heterocycles. The third-order valence-corrected chi connectivity index (χ3v) is 8.69. The van der Waals surface area contributed by atoms with Crippen LogP contribution in [0.4, 0.5) is 17.1 Å². The highest BCUT2D eigenvalue weighted by Gasteiger charge is 2.39. The van der Waals surface area contributed by atoms with Crippen LogP contribution in [0.25, 0.3) is 54.9 Å². The number of pyridine rings is 1. The maximum atomic E-state index is 11.0. The summed E-state index contributed by atoms with van der Waals surface area (Å²) in [6, 6.07) is 46.0. The van der Waals surface area contributed by atoms with Crippen LogP contribution in [0, 0.1) is 0 Å². The Hall–Kier alpha value is -5.32. The lowest BCUT2D eigenvalue weighted by Gasteiger charge is -2.37. The van der Waals surface area contributed by atoms with Gasteiger partial charge >= 0.3 is 0 Å². The highest BCUT2D eigenvalue weighted by Crippen LogP contribution is 2.50. The summed E-state index contributed by atoms with van der Waals surface area (Å²) in [4.78, 5) is 6.43. The van der Waals surface area contributed by atoms with Gasteiger partial charge < -0.3 is 15.3 Å². The second-order valence-corrected chi connectivity index (χ2v) is 11.5. The SMILES string of the molecule is [B]C([B])(O)C1Nc2ccccc2N1c1ccccc1-c1c2ccccc2c(-c2ccccc2-c2cccnc2)c2ccccc12. The molecule has 4 nitrogen and oxygen atoms in total. The second-order valence-electron chi connectivity index (χ2n) is 11.5. The van der Waals surface area contributed by atoms with Crippen LogP contribution in [0.3, 0.4) is 0 Å². The van der Waals surface area contributed by atoms with Gasteiger partial charge in [-0.25, -0.2) is 0 Å². The highest BCUT2D eigenvalue weighted by molar-refractivity contribution is 6.40. The number of para-hydroxylation sites is 3. The second kappa shape index (κ2) is 10.7. The summed E-state index contributed by atoms with van der Waals surface area (Å²) in [6.45, 7) is 0. The van der Waals surface area contributed by atoms with E-state index in [9.17, 15) is 5.11 Å². The fourth-order valence-electron chi connectivity index (χ4n) is 6.83. The maximum absolute atomic E-state index is 11.0. The Balaban J connectivity index is 1.45. The Morgan fingerprint density at radius 1 is 0.578 bits per heavy atom. The Morgan fingerprint density at radius 3 is 1.69 bits per heavy atom.